The van der Waals surface area contributed by atoms with Crippen LogP contribution in [0, 0.1) is 6.92 Å². The van der Waals surface area contributed by atoms with Crippen molar-refractivity contribution in [2.75, 3.05) is 5.73 Å². The van der Waals surface area contributed by atoms with Crippen LogP contribution in [-0.2, 0) is 23.1 Å². The summed E-state index contributed by atoms with van der Waals surface area (Å²) in [5.41, 5.74) is 6.76. The van der Waals surface area contributed by atoms with Gasteiger partial charge in [-0.25, -0.2) is 13.1 Å². The van der Waals surface area contributed by atoms with E-state index in [1.807, 2.05) is 6.92 Å². The lowest BCUT2D eigenvalue weighted by molar-refractivity contribution is 0.574. The molecule has 2 aromatic rings. The number of rotatable bonds is 5. The third-order valence-electron chi connectivity index (χ3n) is 2.95. The molecule has 1 aromatic heterocycles. The Kier molecular flexibility index (Phi) is 4.05. The van der Waals surface area contributed by atoms with Crippen LogP contribution in [-0.4, -0.2) is 23.2 Å². The maximum atomic E-state index is 12.2. The molecule has 1 aromatic carbocycles. The lowest BCUT2D eigenvalue weighted by atomic mass is 10.2. The number of nitrogen functional groups attached to an aromatic ring is 1. The summed E-state index contributed by atoms with van der Waals surface area (Å²) in [5, 5.41) is 7.64. The van der Waals surface area contributed by atoms with Gasteiger partial charge in [-0.05, 0) is 37.6 Å². The lowest BCUT2D eigenvalue weighted by Crippen LogP contribution is -2.25. The zero-order chi connectivity index (χ0) is 14.8. The second-order valence-electron chi connectivity index (χ2n) is 4.38. The van der Waals surface area contributed by atoms with Gasteiger partial charge in [0.25, 0.3) is 0 Å². The zero-order valence-corrected chi connectivity index (χ0v) is 12.2. The van der Waals surface area contributed by atoms with Crippen LogP contribution in [0.3, 0.4) is 0 Å². The minimum absolute atomic E-state index is 0.0972. The summed E-state index contributed by atoms with van der Waals surface area (Å²) in [4.78, 5) is 0.217. The van der Waals surface area contributed by atoms with Gasteiger partial charge in [-0.2, -0.15) is 0 Å². The van der Waals surface area contributed by atoms with Crippen LogP contribution in [0.5, 0.6) is 0 Å². The van der Waals surface area contributed by atoms with Gasteiger partial charge in [0.2, 0.25) is 10.0 Å². The van der Waals surface area contributed by atoms with Crippen molar-refractivity contribution in [3.05, 3.63) is 35.9 Å². The summed E-state index contributed by atoms with van der Waals surface area (Å²) >= 11 is 0. The number of benzene rings is 1. The minimum atomic E-state index is -3.60. The molecule has 108 valence electrons. The van der Waals surface area contributed by atoms with E-state index in [1.165, 1.54) is 6.07 Å². The van der Waals surface area contributed by atoms with Gasteiger partial charge in [0.15, 0.2) is 0 Å². The summed E-state index contributed by atoms with van der Waals surface area (Å²) in [6.07, 6.45) is 1.57. The smallest absolute Gasteiger partial charge is 0.241 e. The molecule has 8 heteroatoms. The standard InChI is InChI=1S/C12H17N5O2S/c1-3-17-8-14-16-12(17)7-15-20(18,19)11-5-4-10(13)6-9(11)2/h4-6,8,15H,3,7,13H2,1-2H3. The van der Waals surface area contributed by atoms with Crippen molar-refractivity contribution < 1.29 is 8.42 Å². The molecule has 0 saturated heterocycles. The Morgan fingerprint density at radius 1 is 1.40 bits per heavy atom. The molecule has 0 atom stereocenters. The van der Waals surface area contributed by atoms with E-state index in [4.69, 9.17) is 5.73 Å². The third-order valence-corrected chi connectivity index (χ3v) is 4.51. The van der Waals surface area contributed by atoms with Gasteiger partial charge in [-0.1, -0.05) is 0 Å². The normalized spacial score (nSPS) is 11.7. The molecular weight excluding hydrogens is 278 g/mol. The van der Waals surface area contributed by atoms with Gasteiger partial charge in [0.05, 0.1) is 11.4 Å². The van der Waals surface area contributed by atoms with Crippen molar-refractivity contribution in [3.8, 4) is 0 Å². The van der Waals surface area contributed by atoms with Gasteiger partial charge in [0.1, 0.15) is 12.2 Å². The summed E-state index contributed by atoms with van der Waals surface area (Å²) < 4.78 is 28.8. The van der Waals surface area contributed by atoms with E-state index >= 15 is 0 Å². The number of sulfonamides is 1. The van der Waals surface area contributed by atoms with Gasteiger partial charge >= 0.3 is 0 Å². The highest BCUT2D eigenvalue weighted by molar-refractivity contribution is 7.89. The van der Waals surface area contributed by atoms with Crippen LogP contribution in [0.25, 0.3) is 0 Å². The number of aryl methyl sites for hydroxylation is 2. The molecule has 0 saturated carbocycles. The van der Waals surface area contributed by atoms with Crippen LogP contribution < -0.4 is 10.5 Å². The van der Waals surface area contributed by atoms with Crippen molar-refractivity contribution in [2.45, 2.75) is 31.8 Å². The first kappa shape index (κ1) is 14.5. The molecule has 0 aliphatic heterocycles. The monoisotopic (exact) mass is 295 g/mol. The van der Waals surface area contributed by atoms with Crippen molar-refractivity contribution in [3.63, 3.8) is 0 Å². The van der Waals surface area contributed by atoms with E-state index in [0.29, 0.717) is 23.6 Å². The van der Waals surface area contributed by atoms with Crippen molar-refractivity contribution >= 4 is 15.7 Å². The molecular formula is C12H17N5O2S. The lowest BCUT2D eigenvalue weighted by Gasteiger charge is -2.10. The van der Waals surface area contributed by atoms with Gasteiger partial charge in [-0.3, -0.25) is 0 Å². The molecule has 2 rings (SSSR count). The molecule has 20 heavy (non-hydrogen) atoms. The van der Waals surface area contributed by atoms with E-state index in [0.717, 1.165) is 0 Å². The molecule has 0 bridgehead atoms. The van der Waals surface area contributed by atoms with Crippen molar-refractivity contribution in [1.29, 1.82) is 0 Å². The molecule has 1 heterocycles. The highest BCUT2D eigenvalue weighted by atomic mass is 32.2. The van der Waals surface area contributed by atoms with E-state index in [1.54, 1.807) is 30.0 Å². The maximum Gasteiger partial charge on any atom is 0.241 e. The van der Waals surface area contributed by atoms with E-state index in [9.17, 15) is 8.42 Å². The number of nitrogens with one attached hydrogen (secondary N) is 1. The van der Waals surface area contributed by atoms with Crippen LogP contribution in [0.4, 0.5) is 5.69 Å². The van der Waals surface area contributed by atoms with E-state index in [2.05, 4.69) is 14.9 Å². The van der Waals surface area contributed by atoms with E-state index in [-0.39, 0.29) is 11.4 Å². The van der Waals surface area contributed by atoms with Crippen molar-refractivity contribution in [2.24, 2.45) is 0 Å². The summed E-state index contributed by atoms with van der Waals surface area (Å²) in [6.45, 7) is 4.43. The molecule has 0 aliphatic carbocycles. The zero-order valence-electron chi connectivity index (χ0n) is 11.4. The predicted octanol–water partition coefficient (Wildman–Crippen LogP) is 0.667. The molecule has 0 unspecified atom stereocenters. The van der Waals surface area contributed by atoms with Crippen LogP contribution in [0.1, 0.15) is 18.3 Å². The Morgan fingerprint density at radius 2 is 2.15 bits per heavy atom. The average molecular weight is 295 g/mol. The summed E-state index contributed by atoms with van der Waals surface area (Å²) in [6, 6.07) is 4.69. The highest BCUT2D eigenvalue weighted by Gasteiger charge is 2.17. The van der Waals surface area contributed by atoms with Crippen LogP contribution in [0.15, 0.2) is 29.4 Å². The van der Waals surface area contributed by atoms with Crippen LogP contribution in [0.2, 0.25) is 0 Å². The number of nitrogens with zero attached hydrogens (tertiary/aromatic N) is 3. The fraction of sp³-hybridized carbons (Fsp3) is 0.333. The molecule has 0 spiro atoms. The Bertz CT molecular complexity index is 708. The number of hydrogen-bond acceptors (Lipinski definition) is 5. The largest absolute Gasteiger partial charge is 0.399 e. The number of hydrogen-bond donors (Lipinski definition) is 2. The molecule has 0 amide bonds. The molecule has 7 nitrogen and oxygen atoms in total. The second-order valence-corrected chi connectivity index (χ2v) is 6.12. The Balaban J connectivity index is 2.19. The molecule has 0 aliphatic rings. The van der Waals surface area contributed by atoms with Gasteiger partial charge in [-0.15, -0.1) is 10.2 Å². The summed E-state index contributed by atoms with van der Waals surface area (Å²) in [5.74, 6) is 0.573. The van der Waals surface area contributed by atoms with Gasteiger partial charge in [0, 0.05) is 12.2 Å². The second kappa shape index (κ2) is 5.59. The first-order chi connectivity index (χ1) is 9.44. The van der Waals surface area contributed by atoms with Crippen LogP contribution >= 0.6 is 0 Å². The SMILES string of the molecule is CCn1cnnc1CNS(=O)(=O)c1ccc(N)cc1C. The first-order valence-electron chi connectivity index (χ1n) is 6.16. The molecule has 3 N–H and O–H groups in total. The van der Waals surface area contributed by atoms with Crippen molar-refractivity contribution in [1.82, 2.24) is 19.5 Å². The average Bonchev–Trinajstić information content (AvgIpc) is 2.83. The maximum absolute atomic E-state index is 12.2. The third kappa shape index (κ3) is 2.97. The first-order valence-corrected chi connectivity index (χ1v) is 7.65. The van der Waals surface area contributed by atoms with Gasteiger partial charge < -0.3 is 10.3 Å². The Labute approximate surface area is 117 Å². The fourth-order valence-electron chi connectivity index (χ4n) is 1.89. The number of anilines is 1. The number of nitrogens with two attached hydrogens (primary N) is 1. The topological polar surface area (TPSA) is 103 Å². The Morgan fingerprint density at radius 3 is 2.80 bits per heavy atom. The Hall–Kier alpha value is -1.93. The fourth-order valence-corrected chi connectivity index (χ4v) is 3.10. The number of aromatic nitrogens is 3. The molecule has 0 radical (unpaired) electrons. The van der Waals surface area contributed by atoms with E-state index < -0.39 is 10.0 Å². The predicted molar refractivity (Wildman–Crippen MR) is 75.3 cm³/mol. The quantitative estimate of drug-likeness (QED) is 0.789. The highest BCUT2D eigenvalue weighted by Crippen LogP contribution is 2.17. The summed E-state index contributed by atoms with van der Waals surface area (Å²) in [7, 11) is -3.60. The minimum Gasteiger partial charge on any atom is -0.399 e. The molecule has 0 fully saturated rings.